The van der Waals surface area contributed by atoms with Crippen LogP contribution in [-0.4, -0.2) is 29.7 Å². The Morgan fingerprint density at radius 3 is 2.70 bits per heavy atom. The summed E-state index contributed by atoms with van der Waals surface area (Å²) in [6.45, 7) is 6.54. The van der Waals surface area contributed by atoms with Crippen LogP contribution in [0.2, 0.25) is 5.02 Å². The molecule has 2 fully saturated rings. The molecule has 0 radical (unpaired) electrons. The highest BCUT2D eigenvalue weighted by atomic mass is 35.5. The van der Waals surface area contributed by atoms with Crippen molar-refractivity contribution in [1.29, 1.82) is 0 Å². The van der Waals surface area contributed by atoms with Gasteiger partial charge in [-0.05, 0) is 61.3 Å². The van der Waals surface area contributed by atoms with E-state index in [1.54, 1.807) is 12.3 Å². The van der Waals surface area contributed by atoms with E-state index < -0.39 is 0 Å². The van der Waals surface area contributed by atoms with Crippen molar-refractivity contribution in [3.8, 4) is 11.3 Å². The van der Waals surface area contributed by atoms with E-state index in [-0.39, 0.29) is 11.6 Å². The van der Waals surface area contributed by atoms with Crippen LogP contribution in [0.5, 0.6) is 0 Å². The molecule has 0 atom stereocenters. The number of ether oxygens (including phenoxy) is 1. The summed E-state index contributed by atoms with van der Waals surface area (Å²) >= 11 is 6.45. The Hall–Kier alpha value is -1.98. The molecule has 2 aromatic heterocycles. The number of rotatable bonds is 6. The lowest BCUT2D eigenvalue weighted by molar-refractivity contribution is 0.0699. The maximum absolute atomic E-state index is 14.4. The smallest absolute Gasteiger partial charge is 0.165 e. The minimum absolute atomic E-state index is 0.263. The lowest BCUT2D eigenvalue weighted by Crippen LogP contribution is -2.23. The monoisotopic (exact) mass is 429 g/mol. The van der Waals surface area contributed by atoms with Crippen LogP contribution in [0.4, 0.5) is 10.2 Å². The highest BCUT2D eigenvalue weighted by Gasteiger charge is 2.20. The first-order chi connectivity index (χ1) is 14.6. The molecule has 4 rings (SSSR count). The quantitative estimate of drug-likeness (QED) is 0.579. The third-order valence-electron chi connectivity index (χ3n) is 6.30. The van der Waals surface area contributed by atoms with E-state index >= 15 is 0 Å². The predicted molar refractivity (Wildman–Crippen MR) is 120 cm³/mol. The Balaban J connectivity index is 1.54. The van der Waals surface area contributed by atoms with E-state index in [0.29, 0.717) is 29.1 Å². The molecule has 0 aromatic carbocycles. The standard InChI is InChI=1S/C24H29ClFN3O/c1-16(18-5-3-2-4-6-18)23-13-19(20(25)15-27-23)22-8-7-21(26)24(29-22)28-14-17-9-11-30-12-10-17/h7-8,13,15,17-18H,1-6,9-12,14H2,(H,28,29). The zero-order valence-electron chi connectivity index (χ0n) is 17.3. The van der Waals surface area contributed by atoms with Crippen molar-refractivity contribution in [3.05, 3.63) is 47.5 Å². The van der Waals surface area contributed by atoms with Gasteiger partial charge in [-0.25, -0.2) is 9.37 Å². The summed E-state index contributed by atoms with van der Waals surface area (Å²) in [5, 5.41) is 3.69. The highest BCUT2D eigenvalue weighted by Crippen LogP contribution is 2.36. The summed E-state index contributed by atoms with van der Waals surface area (Å²) in [6, 6.07) is 5.06. The summed E-state index contributed by atoms with van der Waals surface area (Å²) in [5.74, 6) is 0.846. The zero-order chi connectivity index (χ0) is 20.9. The molecule has 2 aromatic rings. The van der Waals surface area contributed by atoms with Gasteiger partial charge in [0.25, 0.3) is 0 Å². The third-order valence-corrected chi connectivity index (χ3v) is 6.60. The second-order valence-corrected chi connectivity index (χ2v) is 8.78. The van der Waals surface area contributed by atoms with Crippen molar-refractivity contribution < 1.29 is 9.13 Å². The number of anilines is 1. The molecule has 0 unspecified atom stereocenters. The molecule has 2 aliphatic rings. The summed E-state index contributed by atoms with van der Waals surface area (Å²) in [5.41, 5.74) is 3.31. The van der Waals surface area contributed by atoms with Gasteiger partial charge in [0, 0.05) is 31.5 Å². The van der Waals surface area contributed by atoms with Crippen LogP contribution in [-0.2, 0) is 4.74 Å². The summed E-state index contributed by atoms with van der Waals surface area (Å²) in [4.78, 5) is 9.06. The Kier molecular flexibility index (Phi) is 7.00. The second-order valence-electron chi connectivity index (χ2n) is 8.37. The molecular weight excluding hydrogens is 401 g/mol. The van der Waals surface area contributed by atoms with Gasteiger partial charge in [-0.1, -0.05) is 37.4 Å². The molecule has 3 heterocycles. The van der Waals surface area contributed by atoms with Gasteiger partial charge < -0.3 is 10.1 Å². The number of hydrogen-bond acceptors (Lipinski definition) is 4. The van der Waals surface area contributed by atoms with Gasteiger partial charge in [-0.2, -0.15) is 0 Å². The van der Waals surface area contributed by atoms with Crippen LogP contribution in [0, 0.1) is 17.7 Å². The van der Waals surface area contributed by atoms with Crippen molar-refractivity contribution >= 4 is 23.0 Å². The molecule has 1 saturated heterocycles. The van der Waals surface area contributed by atoms with Crippen molar-refractivity contribution in [2.24, 2.45) is 11.8 Å². The van der Waals surface area contributed by atoms with Crippen molar-refractivity contribution in [2.45, 2.75) is 44.9 Å². The first-order valence-corrected chi connectivity index (χ1v) is 11.3. The largest absolute Gasteiger partial charge is 0.381 e. The van der Waals surface area contributed by atoms with Crippen LogP contribution in [0.3, 0.4) is 0 Å². The van der Waals surface area contributed by atoms with E-state index in [4.69, 9.17) is 16.3 Å². The Morgan fingerprint density at radius 2 is 1.93 bits per heavy atom. The maximum atomic E-state index is 14.4. The molecule has 0 spiro atoms. The van der Waals surface area contributed by atoms with Gasteiger partial charge in [0.1, 0.15) is 0 Å². The Bertz CT molecular complexity index is 892. The third kappa shape index (κ3) is 5.01. The van der Waals surface area contributed by atoms with Gasteiger partial charge >= 0.3 is 0 Å². The fraction of sp³-hybridized carbons (Fsp3) is 0.500. The average molecular weight is 430 g/mol. The van der Waals surface area contributed by atoms with Gasteiger partial charge in [0.05, 0.1) is 16.4 Å². The molecule has 160 valence electrons. The number of pyridine rings is 2. The first kappa shape index (κ1) is 21.3. The normalized spacial score (nSPS) is 18.3. The summed E-state index contributed by atoms with van der Waals surface area (Å²) in [7, 11) is 0. The number of aromatic nitrogens is 2. The fourth-order valence-electron chi connectivity index (χ4n) is 4.38. The molecule has 1 aliphatic carbocycles. The zero-order valence-corrected chi connectivity index (χ0v) is 18.1. The van der Waals surface area contributed by atoms with Crippen LogP contribution in [0.25, 0.3) is 16.8 Å². The van der Waals surface area contributed by atoms with E-state index in [2.05, 4.69) is 21.9 Å². The minimum Gasteiger partial charge on any atom is -0.381 e. The number of nitrogens with zero attached hydrogens (tertiary/aromatic N) is 2. The Morgan fingerprint density at radius 1 is 1.17 bits per heavy atom. The SMILES string of the molecule is C=C(c1cc(-c2ccc(F)c(NCC3CCOCC3)n2)c(Cl)cn1)C1CCCCC1. The minimum atomic E-state index is -0.358. The molecule has 1 N–H and O–H groups in total. The molecule has 30 heavy (non-hydrogen) atoms. The lowest BCUT2D eigenvalue weighted by Gasteiger charge is -2.24. The van der Waals surface area contributed by atoms with Crippen LogP contribution < -0.4 is 5.32 Å². The van der Waals surface area contributed by atoms with Gasteiger partial charge in [-0.15, -0.1) is 0 Å². The molecule has 1 saturated carbocycles. The molecule has 0 bridgehead atoms. The molecule has 1 aliphatic heterocycles. The highest BCUT2D eigenvalue weighted by molar-refractivity contribution is 6.33. The predicted octanol–water partition coefficient (Wildman–Crippen LogP) is 6.37. The molecule has 0 amide bonds. The topological polar surface area (TPSA) is 47.0 Å². The van der Waals surface area contributed by atoms with Gasteiger partial charge in [-0.3, -0.25) is 4.98 Å². The second kappa shape index (κ2) is 9.88. The van der Waals surface area contributed by atoms with Crippen LogP contribution in [0.15, 0.2) is 31.0 Å². The van der Waals surface area contributed by atoms with E-state index in [1.807, 2.05) is 6.07 Å². The van der Waals surface area contributed by atoms with Crippen molar-refractivity contribution in [1.82, 2.24) is 9.97 Å². The fourth-order valence-corrected chi connectivity index (χ4v) is 4.58. The summed E-state index contributed by atoms with van der Waals surface area (Å²) < 4.78 is 19.8. The van der Waals surface area contributed by atoms with Crippen molar-refractivity contribution in [2.75, 3.05) is 25.1 Å². The molecular formula is C24H29ClFN3O. The molecule has 4 nitrogen and oxygen atoms in total. The number of halogens is 2. The van der Waals surface area contributed by atoms with Gasteiger partial charge in [0.15, 0.2) is 11.6 Å². The maximum Gasteiger partial charge on any atom is 0.165 e. The number of nitrogens with one attached hydrogen (secondary N) is 1. The van der Waals surface area contributed by atoms with Crippen LogP contribution >= 0.6 is 11.6 Å². The lowest BCUT2D eigenvalue weighted by atomic mass is 9.83. The summed E-state index contributed by atoms with van der Waals surface area (Å²) in [6.07, 6.45) is 9.72. The Labute approximate surface area is 182 Å². The first-order valence-electron chi connectivity index (χ1n) is 10.9. The average Bonchev–Trinajstić information content (AvgIpc) is 2.80. The molecule has 6 heteroatoms. The van der Waals surface area contributed by atoms with E-state index in [9.17, 15) is 4.39 Å². The number of allylic oxidation sites excluding steroid dienone is 1. The van der Waals surface area contributed by atoms with Crippen molar-refractivity contribution in [3.63, 3.8) is 0 Å². The number of hydrogen-bond donors (Lipinski definition) is 1. The van der Waals surface area contributed by atoms with Gasteiger partial charge in [0.2, 0.25) is 0 Å². The van der Waals surface area contributed by atoms with Crippen LogP contribution in [0.1, 0.15) is 50.6 Å². The van der Waals surface area contributed by atoms with E-state index in [1.165, 1.54) is 25.3 Å². The van der Waals surface area contributed by atoms with E-state index in [0.717, 1.165) is 55.7 Å².